The number of H-pyrrole nitrogens is 1. The van der Waals surface area contributed by atoms with Gasteiger partial charge in [-0.25, -0.2) is 0 Å². The topological polar surface area (TPSA) is 73.4 Å². The van der Waals surface area contributed by atoms with Crippen LogP contribution in [0.25, 0.3) is 16.7 Å². The summed E-state index contributed by atoms with van der Waals surface area (Å²) < 4.78 is 0. The van der Waals surface area contributed by atoms with Gasteiger partial charge in [-0.05, 0) is 31.5 Å². The first kappa shape index (κ1) is 19.8. The summed E-state index contributed by atoms with van der Waals surface area (Å²) in [6, 6.07) is 21.7. The Morgan fingerprint density at radius 3 is 2.34 bits per heavy atom. The van der Waals surface area contributed by atoms with E-state index in [2.05, 4.69) is 4.98 Å². The molecular formula is C27H22N2O3. The predicted molar refractivity (Wildman–Crippen MR) is 125 cm³/mol. The molecule has 3 aromatic carbocycles. The molecule has 1 saturated heterocycles. The zero-order valence-corrected chi connectivity index (χ0v) is 17.8. The summed E-state index contributed by atoms with van der Waals surface area (Å²) in [5, 5.41) is 12.1. The molecule has 5 nitrogen and oxygen atoms in total. The van der Waals surface area contributed by atoms with Crippen LogP contribution in [0.1, 0.15) is 28.3 Å². The van der Waals surface area contributed by atoms with Crippen LogP contribution < -0.4 is 4.90 Å². The van der Waals surface area contributed by atoms with Crippen molar-refractivity contribution in [3.05, 3.63) is 107 Å². The molecule has 0 aliphatic carbocycles. The van der Waals surface area contributed by atoms with Crippen LogP contribution >= 0.6 is 0 Å². The van der Waals surface area contributed by atoms with Crippen molar-refractivity contribution in [2.75, 3.05) is 4.90 Å². The molecule has 1 amide bonds. The van der Waals surface area contributed by atoms with Crippen molar-refractivity contribution in [2.24, 2.45) is 0 Å². The Hall–Kier alpha value is -4.12. The number of nitrogens with zero attached hydrogens (tertiary/aromatic N) is 1. The summed E-state index contributed by atoms with van der Waals surface area (Å²) in [6.07, 6.45) is 1.81. The number of Topliss-reactive ketones (excluding diaryl/α,β-unsaturated/α-hetero) is 1. The number of rotatable bonds is 3. The van der Waals surface area contributed by atoms with Gasteiger partial charge in [0.1, 0.15) is 5.76 Å². The average Bonchev–Trinajstić information content (AvgIpc) is 3.33. The Labute approximate surface area is 185 Å². The van der Waals surface area contributed by atoms with Crippen LogP contribution in [-0.2, 0) is 9.59 Å². The van der Waals surface area contributed by atoms with Crippen LogP contribution in [0.2, 0.25) is 0 Å². The van der Waals surface area contributed by atoms with Gasteiger partial charge in [0.2, 0.25) is 0 Å². The first-order chi connectivity index (χ1) is 15.5. The number of amides is 1. The first-order valence-corrected chi connectivity index (χ1v) is 10.5. The number of aryl methyl sites for hydroxylation is 2. The number of aliphatic hydroxyl groups is 1. The number of carbonyl (C=O) groups excluding carboxylic acids is 2. The second-order valence-electron chi connectivity index (χ2n) is 8.11. The summed E-state index contributed by atoms with van der Waals surface area (Å²) in [6.45, 7) is 3.85. The number of benzene rings is 3. The third-order valence-electron chi connectivity index (χ3n) is 6.06. The van der Waals surface area contributed by atoms with Gasteiger partial charge in [0.25, 0.3) is 11.7 Å². The highest BCUT2D eigenvalue weighted by Gasteiger charge is 2.48. The lowest BCUT2D eigenvalue weighted by atomic mass is 9.94. The largest absolute Gasteiger partial charge is 0.507 e. The smallest absolute Gasteiger partial charge is 0.300 e. The van der Waals surface area contributed by atoms with Gasteiger partial charge < -0.3 is 10.1 Å². The van der Waals surface area contributed by atoms with Gasteiger partial charge in [0.15, 0.2) is 0 Å². The number of hydrogen-bond acceptors (Lipinski definition) is 3. The van der Waals surface area contributed by atoms with Crippen molar-refractivity contribution in [2.45, 2.75) is 19.9 Å². The minimum absolute atomic E-state index is 0.0897. The van der Waals surface area contributed by atoms with Gasteiger partial charge in [-0.2, -0.15) is 0 Å². The van der Waals surface area contributed by atoms with E-state index in [0.717, 1.165) is 27.6 Å². The minimum Gasteiger partial charge on any atom is -0.507 e. The van der Waals surface area contributed by atoms with Gasteiger partial charge in [-0.3, -0.25) is 14.5 Å². The number of fused-ring (bicyclic) bond motifs is 1. The predicted octanol–water partition coefficient (Wildman–Crippen LogP) is 5.41. The van der Waals surface area contributed by atoms with Gasteiger partial charge in [-0.15, -0.1) is 0 Å². The summed E-state index contributed by atoms with van der Waals surface area (Å²) in [7, 11) is 0. The van der Waals surface area contributed by atoms with Crippen LogP contribution in [0.5, 0.6) is 0 Å². The van der Waals surface area contributed by atoms with Crippen molar-refractivity contribution in [3.8, 4) is 0 Å². The zero-order chi connectivity index (χ0) is 22.4. The van der Waals surface area contributed by atoms with Gasteiger partial charge in [0, 0.05) is 33.9 Å². The first-order valence-electron chi connectivity index (χ1n) is 10.5. The van der Waals surface area contributed by atoms with E-state index in [9.17, 15) is 14.7 Å². The molecule has 4 aromatic rings. The zero-order valence-electron chi connectivity index (χ0n) is 17.8. The quantitative estimate of drug-likeness (QED) is 0.263. The Morgan fingerprint density at radius 2 is 1.59 bits per heavy atom. The summed E-state index contributed by atoms with van der Waals surface area (Å²) in [5.41, 5.74) is 4.80. The Balaban J connectivity index is 1.80. The molecule has 1 aliphatic rings. The standard InChI is InChI=1S/C27H22N2O3/c1-16-11-13-18(14-12-16)25(30)23-24(20-15-28-21-9-5-4-8-19(20)21)29(27(32)26(23)31)22-10-6-3-7-17(22)2/h3-15,24,28,30H,1-2H3/b25-23+. The fourth-order valence-electron chi connectivity index (χ4n) is 4.40. The van der Waals surface area contributed by atoms with E-state index in [1.807, 2.05) is 80.7 Å². The molecule has 1 unspecified atom stereocenters. The minimum atomic E-state index is -0.756. The van der Waals surface area contributed by atoms with Crippen LogP contribution in [0.3, 0.4) is 0 Å². The molecule has 0 bridgehead atoms. The highest BCUT2D eigenvalue weighted by molar-refractivity contribution is 6.52. The maximum atomic E-state index is 13.3. The SMILES string of the molecule is Cc1ccc(/C(O)=C2\C(=O)C(=O)N(c3ccccc3C)C2c2c[nH]c3ccccc23)cc1. The molecule has 1 fully saturated rings. The molecule has 2 heterocycles. The van der Waals surface area contributed by atoms with Crippen LogP contribution in [-0.4, -0.2) is 21.8 Å². The van der Waals surface area contributed by atoms with Crippen LogP contribution in [0, 0.1) is 13.8 Å². The number of aromatic amines is 1. The van der Waals surface area contributed by atoms with Crippen molar-refractivity contribution in [1.82, 2.24) is 4.98 Å². The lowest BCUT2D eigenvalue weighted by Gasteiger charge is -2.26. The van der Waals surface area contributed by atoms with Gasteiger partial charge >= 0.3 is 0 Å². The van der Waals surface area contributed by atoms with Crippen molar-refractivity contribution in [3.63, 3.8) is 0 Å². The summed E-state index contributed by atoms with van der Waals surface area (Å²) >= 11 is 0. The molecule has 1 atom stereocenters. The fourth-order valence-corrected chi connectivity index (χ4v) is 4.40. The van der Waals surface area contributed by atoms with E-state index < -0.39 is 17.7 Å². The van der Waals surface area contributed by atoms with Crippen molar-refractivity contribution in [1.29, 1.82) is 0 Å². The van der Waals surface area contributed by atoms with Crippen molar-refractivity contribution >= 4 is 34.0 Å². The summed E-state index contributed by atoms with van der Waals surface area (Å²) in [4.78, 5) is 31.4. The summed E-state index contributed by atoms with van der Waals surface area (Å²) in [5.74, 6) is -1.51. The number of hydrogen-bond donors (Lipinski definition) is 2. The molecule has 32 heavy (non-hydrogen) atoms. The van der Waals surface area contributed by atoms with Crippen molar-refractivity contribution < 1.29 is 14.7 Å². The van der Waals surface area contributed by atoms with E-state index in [0.29, 0.717) is 11.3 Å². The van der Waals surface area contributed by atoms with Crippen LogP contribution in [0.15, 0.2) is 84.6 Å². The normalized spacial score (nSPS) is 17.9. The van der Waals surface area contributed by atoms with E-state index >= 15 is 0 Å². The maximum Gasteiger partial charge on any atom is 0.300 e. The number of para-hydroxylation sites is 2. The number of ketones is 1. The molecule has 0 spiro atoms. The average molecular weight is 422 g/mol. The second kappa shape index (κ2) is 7.54. The van der Waals surface area contributed by atoms with E-state index in [-0.39, 0.29) is 11.3 Å². The molecule has 1 aromatic heterocycles. The lowest BCUT2D eigenvalue weighted by Crippen LogP contribution is -2.30. The third-order valence-corrected chi connectivity index (χ3v) is 6.06. The van der Waals surface area contributed by atoms with E-state index in [1.165, 1.54) is 4.90 Å². The lowest BCUT2D eigenvalue weighted by molar-refractivity contribution is -0.132. The maximum absolute atomic E-state index is 13.3. The monoisotopic (exact) mass is 422 g/mol. The van der Waals surface area contributed by atoms with E-state index in [1.54, 1.807) is 12.1 Å². The number of carbonyl (C=O) groups is 2. The van der Waals surface area contributed by atoms with Gasteiger partial charge in [0.05, 0.1) is 11.6 Å². The fraction of sp³-hybridized carbons (Fsp3) is 0.111. The second-order valence-corrected chi connectivity index (χ2v) is 8.11. The molecule has 158 valence electrons. The highest BCUT2D eigenvalue weighted by Crippen LogP contribution is 2.44. The Bertz CT molecular complexity index is 1400. The highest BCUT2D eigenvalue weighted by atomic mass is 16.3. The molecule has 5 rings (SSSR count). The molecule has 5 heteroatoms. The number of nitrogens with one attached hydrogen (secondary N) is 1. The number of aromatic nitrogens is 1. The van der Waals surface area contributed by atoms with E-state index in [4.69, 9.17) is 0 Å². The molecular weight excluding hydrogens is 400 g/mol. The van der Waals surface area contributed by atoms with Crippen LogP contribution in [0.4, 0.5) is 5.69 Å². The number of anilines is 1. The third kappa shape index (κ3) is 3.02. The molecule has 2 N–H and O–H groups in total. The molecule has 0 radical (unpaired) electrons. The Kier molecular flexibility index (Phi) is 4.67. The molecule has 0 saturated carbocycles. The molecule has 1 aliphatic heterocycles. The van der Waals surface area contributed by atoms with Gasteiger partial charge in [-0.1, -0.05) is 66.2 Å². The Morgan fingerprint density at radius 1 is 0.906 bits per heavy atom. The number of aliphatic hydroxyl groups excluding tert-OH is 1.